The number of nitrogens with zero attached hydrogens (tertiary/aromatic N) is 4. The van der Waals surface area contributed by atoms with Crippen LogP contribution in [0.4, 0.5) is 0 Å². The van der Waals surface area contributed by atoms with Crippen molar-refractivity contribution in [2.45, 2.75) is 32.4 Å². The number of hydrogen-bond acceptors (Lipinski definition) is 5. The first-order chi connectivity index (χ1) is 11.0. The number of aromatic nitrogens is 3. The summed E-state index contributed by atoms with van der Waals surface area (Å²) in [6.07, 6.45) is 2.91. The summed E-state index contributed by atoms with van der Waals surface area (Å²) < 4.78 is 1.63. The van der Waals surface area contributed by atoms with Crippen molar-refractivity contribution in [1.29, 1.82) is 0 Å². The molecule has 1 saturated heterocycles. The quantitative estimate of drug-likeness (QED) is 0.919. The SMILES string of the molecule is CC1CCC(C(=O)O)CN1C(=O)c1cn(Cc2cccs2)nn1. The van der Waals surface area contributed by atoms with Gasteiger partial charge in [-0.25, -0.2) is 4.68 Å². The van der Waals surface area contributed by atoms with Crippen molar-refractivity contribution in [2.24, 2.45) is 5.92 Å². The number of amides is 1. The van der Waals surface area contributed by atoms with Crippen LogP contribution in [0.2, 0.25) is 0 Å². The van der Waals surface area contributed by atoms with Gasteiger partial charge in [0.15, 0.2) is 5.69 Å². The fourth-order valence-corrected chi connectivity index (χ4v) is 3.47. The topological polar surface area (TPSA) is 88.3 Å². The molecule has 7 nitrogen and oxygen atoms in total. The van der Waals surface area contributed by atoms with Crippen LogP contribution in [0.5, 0.6) is 0 Å². The summed E-state index contributed by atoms with van der Waals surface area (Å²) in [7, 11) is 0. The Bertz CT molecular complexity index is 697. The van der Waals surface area contributed by atoms with Crippen LogP contribution in [0.3, 0.4) is 0 Å². The zero-order valence-electron chi connectivity index (χ0n) is 12.8. The molecule has 0 radical (unpaired) electrons. The minimum atomic E-state index is -0.851. The van der Waals surface area contributed by atoms with Crippen LogP contribution in [-0.2, 0) is 11.3 Å². The summed E-state index contributed by atoms with van der Waals surface area (Å²) >= 11 is 1.62. The van der Waals surface area contributed by atoms with Gasteiger partial charge in [-0.3, -0.25) is 9.59 Å². The van der Waals surface area contributed by atoms with Gasteiger partial charge in [0.05, 0.1) is 18.7 Å². The van der Waals surface area contributed by atoms with E-state index >= 15 is 0 Å². The standard InChI is InChI=1S/C15H18N4O3S/c1-10-4-5-11(15(21)22)7-19(10)14(20)13-9-18(17-16-13)8-12-3-2-6-23-12/h2-3,6,9-11H,4-5,7-8H2,1H3,(H,21,22). The number of carboxylic acids is 1. The molecule has 23 heavy (non-hydrogen) atoms. The molecule has 0 bridgehead atoms. The van der Waals surface area contributed by atoms with E-state index in [1.807, 2.05) is 24.4 Å². The molecule has 2 unspecified atom stereocenters. The van der Waals surface area contributed by atoms with Crippen molar-refractivity contribution in [3.8, 4) is 0 Å². The van der Waals surface area contributed by atoms with Gasteiger partial charge < -0.3 is 10.0 Å². The molecule has 122 valence electrons. The number of carboxylic acid groups (broad SMARTS) is 1. The van der Waals surface area contributed by atoms with Gasteiger partial charge in [-0.05, 0) is 31.2 Å². The largest absolute Gasteiger partial charge is 0.481 e. The maximum Gasteiger partial charge on any atom is 0.308 e. The second-order valence-corrected chi connectivity index (χ2v) is 6.83. The minimum Gasteiger partial charge on any atom is -0.481 e. The molecule has 2 aromatic rings. The number of likely N-dealkylation sites (tertiary alicyclic amines) is 1. The molecule has 3 rings (SSSR count). The fraction of sp³-hybridized carbons (Fsp3) is 0.467. The number of piperidine rings is 1. The molecule has 1 fully saturated rings. The molecule has 2 aromatic heterocycles. The molecular formula is C15H18N4O3S. The molecule has 1 amide bonds. The summed E-state index contributed by atoms with van der Waals surface area (Å²) in [5.41, 5.74) is 0.263. The first-order valence-electron chi connectivity index (χ1n) is 7.51. The predicted molar refractivity (Wildman–Crippen MR) is 84.3 cm³/mol. The van der Waals surface area contributed by atoms with Crippen LogP contribution in [0.15, 0.2) is 23.7 Å². The van der Waals surface area contributed by atoms with Crippen molar-refractivity contribution in [3.05, 3.63) is 34.3 Å². The van der Waals surface area contributed by atoms with Gasteiger partial charge in [0.2, 0.25) is 0 Å². The van der Waals surface area contributed by atoms with E-state index in [4.69, 9.17) is 0 Å². The molecule has 1 N–H and O–H groups in total. The Balaban J connectivity index is 1.72. The summed E-state index contributed by atoms with van der Waals surface area (Å²) in [5, 5.41) is 19.1. The number of carbonyl (C=O) groups excluding carboxylic acids is 1. The van der Waals surface area contributed by atoms with Crippen LogP contribution < -0.4 is 0 Å². The van der Waals surface area contributed by atoms with Gasteiger partial charge in [-0.1, -0.05) is 11.3 Å². The Morgan fingerprint density at radius 3 is 2.96 bits per heavy atom. The Labute approximate surface area is 137 Å². The average molecular weight is 334 g/mol. The summed E-state index contributed by atoms with van der Waals surface area (Å²) in [6.45, 7) is 2.74. The third kappa shape index (κ3) is 3.42. The molecule has 0 spiro atoms. The van der Waals surface area contributed by atoms with E-state index < -0.39 is 11.9 Å². The minimum absolute atomic E-state index is 0.0144. The van der Waals surface area contributed by atoms with Crippen LogP contribution in [0.1, 0.15) is 35.1 Å². The summed E-state index contributed by atoms with van der Waals surface area (Å²) in [4.78, 5) is 26.5. The normalized spacial score (nSPS) is 21.3. The Hall–Kier alpha value is -2.22. The second kappa shape index (κ2) is 6.49. The van der Waals surface area contributed by atoms with Crippen molar-refractivity contribution >= 4 is 23.2 Å². The number of aliphatic carboxylic acids is 1. The van der Waals surface area contributed by atoms with Gasteiger partial charge in [-0.15, -0.1) is 16.4 Å². The van der Waals surface area contributed by atoms with Crippen LogP contribution in [0, 0.1) is 5.92 Å². The highest BCUT2D eigenvalue weighted by Crippen LogP contribution is 2.23. The van der Waals surface area contributed by atoms with Gasteiger partial charge in [0, 0.05) is 17.5 Å². The maximum absolute atomic E-state index is 12.6. The van der Waals surface area contributed by atoms with Gasteiger partial charge in [0.25, 0.3) is 5.91 Å². The highest BCUT2D eigenvalue weighted by atomic mass is 32.1. The van der Waals surface area contributed by atoms with E-state index in [-0.39, 0.29) is 24.2 Å². The predicted octanol–water partition coefficient (Wildman–Crippen LogP) is 1.71. The van der Waals surface area contributed by atoms with E-state index in [1.165, 1.54) is 0 Å². The van der Waals surface area contributed by atoms with E-state index in [1.54, 1.807) is 27.1 Å². The molecule has 0 aliphatic carbocycles. The number of hydrogen-bond donors (Lipinski definition) is 1. The molecule has 8 heteroatoms. The fourth-order valence-electron chi connectivity index (χ4n) is 2.77. The van der Waals surface area contributed by atoms with E-state index in [9.17, 15) is 14.7 Å². The molecule has 1 aliphatic heterocycles. The zero-order chi connectivity index (χ0) is 16.4. The lowest BCUT2D eigenvalue weighted by Crippen LogP contribution is -2.47. The molecule has 0 aromatic carbocycles. The number of rotatable bonds is 4. The Morgan fingerprint density at radius 1 is 1.43 bits per heavy atom. The van der Waals surface area contributed by atoms with Crippen molar-refractivity contribution in [3.63, 3.8) is 0 Å². The molecule has 2 atom stereocenters. The van der Waals surface area contributed by atoms with E-state index in [0.29, 0.717) is 19.4 Å². The third-order valence-corrected chi connectivity index (χ3v) is 5.01. The smallest absolute Gasteiger partial charge is 0.308 e. The highest BCUT2D eigenvalue weighted by Gasteiger charge is 2.33. The number of thiophene rings is 1. The average Bonchev–Trinajstić information content (AvgIpc) is 3.19. The van der Waals surface area contributed by atoms with Crippen LogP contribution in [-0.4, -0.2) is 49.5 Å². The van der Waals surface area contributed by atoms with Gasteiger partial charge >= 0.3 is 5.97 Å². The zero-order valence-corrected chi connectivity index (χ0v) is 13.6. The molecule has 3 heterocycles. The third-order valence-electron chi connectivity index (χ3n) is 4.15. The molecule has 1 aliphatic rings. The lowest BCUT2D eigenvalue weighted by molar-refractivity contribution is -0.143. The highest BCUT2D eigenvalue weighted by molar-refractivity contribution is 7.09. The maximum atomic E-state index is 12.6. The Morgan fingerprint density at radius 2 is 2.26 bits per heavy atom. The summed E-state index contributed by atoms with van der Waals surface area (Å²) in [6, 6.07) is 3.98. The first-order valence-corrected chi connectivity index (χ1v) is 8.39. The van der Waals surface area contributed by atoms with Gasteiger partial charge in [0.1, 0.15) is 0 Å². The van der Waals surface area contributed by atoms with E-state index in [0.717, 1.165) is 4.88 Å². The van der Waals surface area contributed by atoms with Crippen LogP contribution in [0.25, 0.3) is 0 Å². The Kier molecular flexibility index (Phi) is 4.42. The van der Waals surface area contributed by atoms with Crippen molar-refractivity contribution in [1.82, 2.24) is 19.9 Å². The monoisotopic (exact) mass is 334 g/mol. The molecular weight excluding hydrogens is 316 g/mol. The second-order valence-electron chi connectivity index (χ2n) is 5.80. The van der Waals surface area contributed by atoms with E-state index in [2.05, 4.69) is 10.3 Å². The summed E-state index contributed by atoms with van der Waals surface area (Å²) in [5.74, 6) is -1.60. The lowest BCUT2D eigenvalue weighted by atomic mass is 9.93. The van der Waals surface area contributed by atoms with Crippen LogP contribution >= 0.6 is 11.3 Å². The lowest BCUT2D eigenvalue weighted by Gasteiger charge is -2.35. The number of carbonyl (C=O) groups is 2. The van der Waals surface area contributed by atoms with Gasteiger partial charge in [-0.2, -0.15) is 0 Å². The first kappa shape index (κ1) is 15.7. The molecule has 0 saturated carbocycles. The van der Waals surface area contributed by atoms with Crippen molar-refractivity contribution in [2.75, 3.05) is 6.54 Å². The van der Waals surface area contributed by atoms with Crippen molar-refractivity contribution < 1.29 is 14.7 Å².